The van der Waals surface area contributed by atoms with E-state index in [1.54, 1.807) is 37.4 Å². The van der Waals surface area contributed by atoms with Crippen molar-refractivity contribution in [2.45, 2.75) is 4.90 Å². The van der Waals surface area contributed by atoms with Crippen molar-refractivity contribution in [3.05, 3.63) is 60.3 Å². The molecule has 8 nitrogen and oxygen atoms in total. The lowest BCUT2D eigenvalue weighted by Gasteiger charge is -2.06. The first-order chi connectivity index (χ1) is 12.3. The molecule has 0 radical (unpaired) electrons. The lowest BCUT2D eigenvalue weighted by Crippen LogP contribution is -2.14. The van der Waals surface area contributed by atoms with Gasteiger partial charge in [-0.05, 0) is 48.5 Å². The average molecular weight is 373 g/mol. The predicted octanol–water partition coefficient (Wildman–Crippen LogP) is 2.40. The van der Waals surface area contributed by atoms with Crippen molar-refractivity contribution in [1.82, 2.24) is 0 Å². The molecule has 0 aromatic heterocycles. The molecular formula is C17H15N3O5S. The highest BCUT2D eigenvalue weighted by Crippen LogP contribution is 2.16. The predicted molar refractivity (Wildman–Crippen MR) is 95.2 cm³/mol. The Hall–Kier alpha value is -3.35. The van der Waals surface area contributed by atoms with Crippen LogP contribution in [0.4, 0.5) is 11.4 Å². The molecule has 0 aliphatic heterocycles. The van der Waals surface area contributed by atoms with Gasteiger partial charge in [-0.3, -0.25) is 9.35 Å². The van der Waals surface area contributed by atoms with Crippen LogP contribution >= 0.6 is 0 Å². The van der Waals surface area contributed by atoms with Gasteiger partial charge in [-0.25, -0.2) is 0 Å². The fourth-order valence-corrected chi connectivity index (χ4v) is 2.38. The summed E-state index contributed by atoms with van der Waals surface area (Å²) in [6, 6.07) is 13.5. The van der Waals surface area contributed by atoms with Gasteiger partial charge in [-0.2, -0.15) is 13.7 Å². The number of anilines is 2. The van der Waals surface area contributed by atoms with Gasteiger partial charge in [0.1, 0.15) is 17.4 Å². The van der Waals surface area contributed by atoms with E-state index < -0.39 is 16.0 Å². The van der Waals surface area contributed by atoms with Gasteiger partial charge in [-0.1, -0.05) is 0 Å². The Morgan fingerprint density at radius 1 is 1.12 bits per heavy atom. The third-order valence-electron chi connectivity index (χ3n) is 3.25. The van der Waals surface area contributed by atoms with E-state index in [0.717, 1.165) is 12.1 Å². The number of carbonyl (C=O) groups excluding carboxylic acids is 1. The number of carbonyl (C=O) groups is 1. The van der Waals surface area contributed by atoms with E-state index in [0.29, 0.717) is 11.4 Å². The smallest absolute Gasteiger partial charge is 0.294 e. The van der Waals surface area contributed by atoms with Gasteiger partial charge in [-0.15, -0.1) is 0 Å². The standard InChI is InChI=1S/C17H15N3O5S/c1-25-15-6-2-13(3-7-15)19-11-12(10-18)17(21)20-14-4-8-16(9-5-14)26(22,23)24/h2-9,11,19H,1H3,(H,20,21)(H,22,23,24)/b12-11-. The zero-order valence-electron chi connectivity index (χ0n) is 13.6. The molecule has 0 bridgehead atoms. The molecule has 134 valence electrons. The third kappa shape index (κ3) is 5.07. The monoisotopic (exact) mass is 373 g/mol. The first-order valence-electron chi connectivity index (χ1n) is 7.23. The van der Waals surface area contributed by atoms with E-state index in [-0.39, 0.29) is 16.2 Å². The Morgan fingerprint density at radius 2 is 1.69 bits per heavy atom. The normalized spacial score (nSPS) is 11.3. The summed E-state index contributed by atoms with van der Waals surface area (Å²) in [5.41, 5.74) is 0.747. The van der Waals surface area contributed by atoms with Crippen LogP contribution in [-0.2, 0) is 14.9 Å². The van der Waals surface area contributed by atoms with E-state index in [2.05, 4.69) is 10.6 Å². The number of hydrogen-bond donors (Lipinski definition) is 3. The molecule has 0 fully saturated rings. The van der Waals surface area contributed by atoms with Gasteiger partial charge < -0.3 is 15.4 Å². The molecule has 0 heterocycles. The van der Waals surface area contributed by atoms with E-state index in [1.807, 2.05) is 0 Å². The lowest BCUT2D eigenvalue weighted by molar-refractivity contribution is -0.112. The summed E-state index contributed by atoms with van der Waals surface area (Å²) in [6.45, 7) is 0. The van der Waals surface area contributed by atoms with Crippen molar-refractivity contribution >= 4 is 27.4 Å². The van der Waals surface area contributed by atoms with Gasteiger partial charge in [0.2, 0.25) is 0 Å². The molecule has 0 unspecified atom stereocenters. The van der Waals surface area contributed by atoms with Crippen molar-refractivity contribution in [2.75, 3.05) is 17.7 Å². The molecule has 3 N–H and O–H groups in total. The Balaban J connectivity index is 2.06. The number of ether oxygens (including phenoxy) is 1. The van der Waals surface area contributed by atoms with Crippen molar-refractivity contribution in [3.8, 4) is 11.8 Å². The number of nitrogens with one attached hydrogen (secondary N) is 2. The number of nitriles is 1. The van der Waals surface area contributed by atoms with Crippen LogP contribution in [0.25, 0.3) is 0 Å². The quantitative estimate of drug-likeness (QED) is 0.403. The molecule has 2 aromatic carbocycles. The topological polar surface area (TPSA) is 129 Å². The Kier molecular flexibility index (Phi) is 5.95. The van der Waals surface area contributed by atoms with Crippen molar-refractivity contribution in [2.24, 2.45) is 0 Å². The first-order valence-corrected chi connectivity index (χ1v) is 8.67. The molecule has 0 atom stereocenters. The van der Waals surface area contributed by atoms with Gasteiger partial charge in [0.15, 0.2) is 0 Å². The summed E-state index contributed by atoms with van der Waals surface area (Å²) in [6.07, 6.45) is 1.25. The molecule has 9 heteroatoms. The number of rotatable bonds is 6. The zero-order chi connectivity index (χ0) is 19.2. The largest absolute Gasteiger partial charge is 0.497 e. The Labute approximate surface area is 150 Å². The van der Waals surface area contributed by atoms with Crippen molar-refractivity contribution in [1.29, 1.82) is 5.26 Å². The van der Waals surface area contributed by atoms with Crippen LogP contribution in [0.1, 0.15) is 0 Å². The minimum atomic E-state index is -4.31. The first kappa shape index (κ1) is 19.0. The Morgan fingerprint density at radius 3 is 2.19 bits per heavy atom. The SMILES string of the molecule is COc1ccc(N/C=C(/C#N)C(=O)Nc2ccc(S(=O)(=O)O)cc2)cc1. The van der Waals surface area contributed by atoms with Gasteiger partial charge in [0.05, 0.1) is 12.0 Å². The van der Waals surface area contributed by atoms with E-state index >= 15 is 0 Å². The highest BCUT2D eigenvalue weighted by Gasteiger charge is 2.12. The Bertz CT molecular complexity index is 959. The van der Waals surface area contributed by atoms with E-state index in [4.69, 9.17) is 14.6 Å². The van der Waals surface area contributed by atoms with Crippen LogP contribution in [0.15, 0.2) is 65.2 Å². The molecule has 0 saturated heterocycles. The molecule has 0 saturated carbocycles. The van der Waals surface area contributed by atoms with Crippen LogP contribution in [0.3, 0.4) is 0 Å². The summed E-state index contributed by atoms with van der Waals surface area (Å²) in [4.78, 5) is 11.8. The summed E-state index contributed by atoms with van der Waals surface area (Å²) in [5.74, 6) is -0.000706. The summed E-state index contributed by atoms with van der Waals surface area (Å²) in [5, 5.41) is 14.4. The number of hydrogen-bond acceptors (Lipinski definition) is 6. The van der Waals surface area contributed by atoms with Crippen molar-refractivity contribution in [3.63, 3.8) is 0 Å². The molecule has 2 rings (SSSR count). The molecule has 1 amide bonds. The highest BCUT2D eigenvalue weighted by atomic mass is 32.2. The van der Waals surface area contributed by atoms with Gasteiger partial charge in [0, 0.05) is 17.6 Å². The third-order valence-corrected chi connectivity index (χ3v) is 4.12. The van der Waals surface area contributed by atoms with Crippen molar-refractivity contribution < 1.29 is 22.5 Å². The summed E-state index contributed by atoms with van der Waals surface area (Å²) < 4.78 is 35.9. The molecule has 26 heavy (non-hydrogen) atoms. The summed E-state index contributed by atoms with van der Waals surface area (Å²) >= 11 is 0. The number of nitrogens with zero attached hydrogens (tertiary/aromatic N) is 1. The second-order valence-electron chi connectivity index (χ2n) is 5.00. The maximum absolute atomic E-state index is 12.1. The van der Waals surface area contributed by atoms with Crippen LogP contribution in [0.5, 0.6) is 5.75 Å². The number of amides is 1. The minimum absolute atomic E-state index is 0.181. The second kappa shape index (κ2) is 8.15. The number of benzene rings is 2. The maximum atomic E-state index is 12.1. The fraction of sp³-hybridized carbons (Fsp3) is 0.0588. The molecule has 2 aromatic rings. The van der Waals surface area contributed by atoms with Gasteiger partial charge in [0.25, 0.3) is 16.0 Å². The molecule has 0 aliphatic rings. The minimum Gasteiger partial charge on any atom is -0.497 e. The van der Waals surface area contributed by atoms with Gasteiger partial charge >= 0.3 is 0 Å². The highest BCUT2D eigenvalue weighted by molar-refractivity contribution is 7.85. The van der Waals surface area contributed by atoms with E-state index in [9.17, 15) is 13.2 Å². The second-order valence-corrected chi connectivity index (χ2v) is 6.42. The van der Waals surface area contributed by atoms with Crippen LogP contribution in [-0.4, -0.2) is 26.0 Å². The van der Waals surface area contributed by atoms with Crippen LogP contribution in [0.2, 0.25) is 0 Å². The fourth-order valence-electron chi connectivity index (χ4n) is 1.90. The average Bonchev–Trinajstić information content (AvgIpc) is 2.62. The summed E-state index contributed by atoms with van der Waals surface area (Å²) in [7, 11) is -2.76. The van der Waals surface area contributed by atoms with Crippen LogP contribution in [0, 0.1) is 11.3 Å². The molecule has 0 aliphatic carbocycles. The maximum Gasteiger partial charge on any atom is 0.294 e. The van der Waals surface area contributed by atoms with E-state index in [1.165, 1.54) is 18.3 Å². The van der Waals surface area contributed by atoms with Crippen LogP contribution < -0.4 is 15.4 Å². The molecular weight excluding hydrogens is 358 g/mol. The molecule has 0 spiro atoms. The zero-order valence-corrected chi connectivity index (χ0v) is 14.4. The number of methoxy groups -OCH3 is 1. The lowest BCUT2D eigenvalue weighted by atomic mass is 10.2.